The monoisotopic (exact) mass is 458 g/mol. The minimum absolute atomic E-state index is 0.110. The van der Waals surface area contributed by atoms with E-state index in [9.17, 15) is 9.59 Å². The van der Waals surface area contributed by atoms with Gasteiger partial charge in [0, 0.05) is 37.0 Å². The van der Waals surface area contributed by atoms with Crippen LogP contribution in [0.1, 0.15) is 54.4 Å². The lowest BCUT2D eigenvalue weighted by atomic mass is 9.68. The third kappa shape index (κ3) is 8.80. The fraction of sp³-hybridized carbons (Fsp3) is 0.917. The Hall–Kier alpha value is -0.900. The second kappa shape index (κ2) is 14.4. The van der Waals surface area contributed by atoms with Crippen molar-refractivity contribution in [2.24, 2.45) is 10.8 Å². The molecule has 0 amide bonds. The molecule has 8 heteroatoms. The molecule has 188 valence electrons. The summed E-state index contributed by atoms with van der Waals surface area (Å²) in [5.41, 5.74) is -2.97. The van der Waals surface area contributed by atoms with Gasteiger partial charge in [0.25, 0.3) is 0 Å². The number of Topliss-reactive ketones (excluding diaryl/α,β-unsaturated/α-hetero) is 2. The Labute approximate surface area is 194 Å². The molecule has 2 N–H and O–H groups in total. The highest BCUT2D eigenvalue weighted by atomic mass is 16.5. The van der Waals surface area contributed by atoms with Crippen molar-refractivity contribution in [1.29, 1.82) is 0 Å². The molecular weight excluding hydrogens is 412 g/mol. The first-order chi connectivity index (χ1) is 15.1. The molecule has 0 radical (unpaired) electrons. The van der Waals surface area contributed by atoms with Gasteiger partial charge < -0.3 is 29.6 Å². The van der Waals surface area contributed by atoms with Crippen LogP contribution in [0.25, 0.3) is 0 Å². The van der Waals surface area contributed by atoms with Gasteiger partial charge in [0.2, 0.25) is 0 Å². The molecule has 1 rings (SSSR count). The van der Waals surface area contributed by atoms with Crippen molar-refractivity contribution >= 4 is 11.6 Å². The average molecular weight is 459 g/mol. The molecule has 1 heterocycles. The summed E-state index contributed by atoms with van der Waals surface area (Å²) in [5, 5.41) is 6.50. The molecule has 32 heavy (non-hydrogen) atoms. The maximum Gasteiger partial charge on any atom is 0.197 e. The highest BCUT2D eigenvalue weighted by Crippen LogP contribution is 2.36. The lowest BCUT2D eigenvalue weighted by Crippen LogP contribution is -2.63. The third-order valence-electron chi connectivity index (χ3n) is 6.32. The molecule has 0 spiro atoms. The summed E-state index contributed by atoms with van der Waals surface area (Å²) < 4.78 is 23.0. The molecule has 1 saturated heterocycles. The van der Waals surface area contributed by atoms with Crippen molar-refractivity contribution < 1.29 is 28.5 Å². The fourth-order valence-corrected chi connectivity index (χ4v) is 3.38. The molecule has 8 nitrogen and oxygen atoms in total. The van der Waals surface area contributed by atoms with E-state index in [1.165, 1.54) is 0 Å². The van der Waals surface area contributed by atoms with Gasteiger partial charge >= 0.3 is 0 Å². The van der Waals surface area contributed by atoms with Gasteiger partial charge in [0.15, 0.2) is 17.2 Å². The zero-order valence-corrected chi connectivity index (χ0v) is 21.1. The average Bonchev–Trinajstić information content (AvgIpc) is 2.78. The Morgan fingerprint density at radius 3 is 1.53 bits per heavy atom. The zero-order chi connectivity index (χ0) is 24.1. The van der Waals surface area contributed by atoms with Gasteiger partial charge in [-0.05, 0) is 12.8 Å². The first kappa shape index (κ1) is 29.1. The van der Waals surface area contributed by atoms with Gasteiger partial charge in [-0.2, -0.15) is 0 Å². The van der Waals surface area contributed by atoms with Gasteiger partial charge in [0.05, 0.1) is 46.2 Å². The summed E-state index contributed by atoms with van der Waals surface area (Å²) in [4.78, 5) is 27.6. The van der Waals surface area contributed by atoms with Gasteiger partial charge in [-0.15, -0.1) is 0 Å². The normalized spacial score (nSPS) is 21.3. The smallest absolute Gasteiger partial charge is 0.197 e. The van der Waals surface area contributed by atoms with E-state index in [1.807, 2.05) is 41.5 Å². The van der Waals surface area contributed by atoms with Crippen LogP contribution >= 0.6 is 0 Å². The van der Waals surface area contributed by atoms with Crippen LogP contribution in [0.15, 0.2) is 0 Å². The molecule has 0 aromatic heterocycles. The molecule has 1 aliphatic heterocycles. The van der Waals surface area contributed by atoms with Crippen molar-refractivity contribution in [3.8, 4) is 0 Å². The quantitative estimate of drug-likeness (QED) is 0.584. The van der Waals surface area contributed by atoms with E-state index < -0.39 is 16.4 Å². The molecule has 0 aliphatic carbocycles. The van der Waals surface area contributed by atoms with E-state index in [-0.39, 0.29) is 24.7 Å². The summed E-state index contributed by atoms with van der Waals surface area (Å²) >= 11 is 0. The van der Waals surface area contributed by atoms with Gasteiger partial charge in [-0.25, -0.2) is 0 Å². The second-order valence-electron chi connectivity index (χ2n) is 9.57. The minimum atomic E-state index is -1.57. The Morgan fingerprint density at radius 2 is 1.09 bits per heavy atom. The van der Waals surface area contributed by atoms with Gasteiger partial charge in [0.1, 0.15) is 0 Å². The maximum absolute atomic E-state index is 13.8. The number of rotatable bonds is 6. The fourth-order valence-electron chi connectivity index (χ4n) is 3.38. The molecule has 1 aliphatic rings. The molecule has 0 bridgehead atoms. The summed E-state index contributed by atoms with van der Waals surface area (Å²) in [7, 11) is 0. The van der Waals surface area contributed by atoms with Crippen LogP contribution in [0, 0.1) is 10.8 Å². The van der Waals surface area contributed by atoms with Gasteiger partial charge in [-0.1, -0.05) is 41.5 Å². The van der Waals surface area contributed by atoms with E-state index in [1.54, 1.807) is 0 Å². The maximum atomic E-state index is 13.8. The van der Waals surface area contributed by atoms with Crippen LogP contribution < -0.4 is 10.6 Å². The van der Waals surface area contributed by atoms with E-state index >= 15 is 0 Å². The molecule has 0 atom stereocenters. The van der Waals surface area contributed by atoms with Gasteiger partial charge in [-0.3, -0.25) is 9.59 Å². The predicted molar refractivity (Wildman–Crippen MR) is 125 cm³/mol. The SMILES string of the molecule is CCC(C)(C)C(=O)C1(C(=O)C(C)(C)CC)CNCCOCCOCCNCCOCCO1. The zero-order valence-electron chi connectivity index (χ0n) is 21.1. The number of hydrogen-bond acceptors (Lipinski definition) is 8. The summed E-state index contributed by atoms with van der Waals surface area (Å²) in [6.07, 6.45) is 1.23. The van der Waals surface area contributed by atoms with E-state index in [4.69, 9.17) is 18.9 Å². The summed E-state index contributed by atoms with van der Waals surface area (Å²) in [5.74, 6) is -0.367. The van der Waals surface area contributed by atoms with Crippen molar-refractivity contribution in [1.82, 2.24) is 10.6 Å². The predicted octanol–water partition coefficient (Wildman–Crippen LogP) is 2.00. The highest BCUT2D eigenvalue weighted by molar-refractivity contribution is 6.14. The lowest BCUT2D eigenvalue weighted by Gasteiger charge is -2.41. The topological polar surface area (TPSA) is 95.1 Å². The standard InChI is InChI=1S/C24H46N2O6/c1-7-22(3,4)20(27)24(21(28)23(5,6)8-2)19-26-11-14-30-16-15-29-12-9-25-10-13-31-17-18-32-24/h25-26H,7-19H2,1-6H3. The van der Waals surface area contributed by atoms with Crippen LogP contribution in [0.3, 0.4) is 0 Å². The molecular formula is C24H46N2O6. The Kier molecular flexibility index (Phi) is 13.1. The van der Waals surface area contributed by atoms with Crippen LogP contribution in [0.5, 0.6) is 0 Å². The van der Waals surface area contributed by atoms with E-state index in [0.29, 0.717) is 65.6 Å². The Morgan fingerprint density at radius 1 is 0.688 bits per heavy atom. The summed E-state index contributed by atoms with van der Waals surface area (Å²) in [6, 6.07) is 0. The molecule has 0 aromatic rings. The van der Waals surface area contributed by atoms with Crippen LogP contribution in [-0.4, -0.2) is 89.6 Å². The first-order valence-corrected chi connectivity index (χ1v) is 12.0. The van der Waals surface area contributed by atoms with Crippen molar-refractivity contribution in [2.45, 2.75) is 60.0 Å². The third-order valence-corrected chi connectivity index (χ3v) is 6.32. The summed E-state index contributed by atoms with van der Waals surface area (Å²) in [6.45, 7) is 16.6. The highest BCUT2D eigenvalue weighted by Gasteiger charge is 2.54. The minimum Gasteiger partial charge on any atom is -0.378 e. The molecule has 0 aromatic carbocycles. The Balaban J connectivity index is 3.11. The number of carbonyl (C=O) groups is 2. The molecule has 0 saturated carbocycles. The van der Waals surface area contributed by atoms with Crippen molar-refractivity contribution in [3.05, 3.63) is 0 Å². The first-order valence-electron chi connectivity index (χ1n) is 12.0. The number of hydrogen-bond donors (Lipinski definition) is 2. The number of ether oxygens (including phenoxy) is 4. The van der Waals surface area contributed by atoms with Crippen LogP contribution in [0.2, 0.25) is 0 Å². The second-order valence-corrected chi connectivity index (χ2v) is 9.57. The number of ketones is 2. The molecule has 1 fully saturated rings. The number of carbonyl (C=O) groups excluding carboxylic acids is 2. The van der Waals surface area contributed by atoms with Crippen molar-refractivity contribution in [3.63, 3.8) is 0 Å². The van der Waals surface area contributed by atoms with Crippen LogP contribution in [0.4, 0.5) is 0 Å². The van der Waals surface area contributed by atoms with E-state index in [0.717, 1.165) is 6.54 Å². The molecule has 0 unspecified atom stereocenters. The Bertz CT molecular complexity index is 517. The van der Waals surface area contributed by atoms with E-state index in [2.05, 4.69) is 10.6 Å². The van der Waals surface area contributed by atoms with Crippen LogP contribution in [-0.2, 0) is 28.5 Å². The van der Waals surface area contributed by atoms with Crippen molar-refractivity contribution in [2.75, 3.05) is 72.4 Å². The largest absolute Gasteiger partial charge is 0.378 e. The number of nitrogens with one attached hydrogen (secondary N) is 2. The lowest BCUT2D eigenvalue weighted by molar-refractivity contribution is -0.171.